The molecule has 0 aromatic heterocycles. The summed E-state index contributed by atoms with van der Waals surface area (Å²) < 4.78 is 19.9. The number of hydrogen-bond acceptors (Lipinski definition) is 3. The van der Waals surface area contributed by atoms with Gasteiger partial charge < -0.3 is 14.7 Å². The summed E-state index contributed by atoms with van der Waals surface area (Å²) in [5.41, 5.74) is 0.416. The van der Waals surface area contributed by atoms with E-state index in [2.05, 4.69) is 15.9 Å². The number of rotatable bonds is 5. The molecule has 1 aromatic carbocycles. The summed E-state index contributed by atoms with van der Waals surface area (Å²) in [4.78, 5) is 13.7. The quantitative estimate of drug-likeness (QED) is 0.888. The van der Waals surface area contributed by atoms with Crippen LogP contribution in [0.3, 0.4) is 0 Å². The Morgan fingerprint density at radius 2 is 2.35 bits per heavy atom. The predicted octanol–water partition coefficient (Wildman–Crippen LogP) is 2.09. The minimum absolute atomic E-state index is 0.129. The number of halogens is 2. The number of carbonyl (C=O) groups is 1. The molecule has 4 nitrogen and oxygen atoms in total. The summed E-state index contributed by atoms with van der Waals surface area (Å²) in [5.74, 6) is -0.549. The molecule has 1 fully saturated rings. The Morgan fingerprint density at radius 1 is 1.55 bits per heavy atom. The first-order valence-corrected chi connectivity index (χ1v) is 7.36. The zero-order valence-electron chi connectivity index (χ0n) is 11.0. The fraction of sp³-hybridized carbons (Fsp3) is 0.500. The Bertz CT molecular complexity index is 477. The van der Waals surface area contributed by atoms with Crippen LogP contribution in [0.2, 0.25) is 0 Å². The van der Waals surface area contributed by atoms with E-state index in [0.717, 1.165) is 10.9 Å². The van der Waals surface area contributed by atoms with E-state index in [0.29, 0.717) is 18.6 Å². The van der Waals surface area contributed by atoms with Gasteiger partial charge in [0.25, 0.3) is 5.91 Å². The molecule has 20 heavy (non-hydrogen) atoms. The van der Waals surface area contributed by atoms with Crippen molar-refractivity contribution in [3.05, 3.63) is 34.1 Å². The second-order valence-corrected chi connectivity index (χ2v) is 5.64. The van der Waals surface area contributed by atoms with Gasteiger partial charge in [-0.3, -0.25) is 4.79 Å². The second kappa shape index (κ2) is 7.15. The summed E-state index contributed by atoms with van der Waals surface area (Å²) in [6.07, 6.45) is 1.08. The summed E-state index contributed by atoms with van der Waals surface area (Å²) in [6, 6.07) is 4.60. The molecule has 1 aliphatic heterocycles. The normalized spacial score (nSPS) is 18.2. The molecule has 6 heteroatoms. The third-order valence-electron chi connectivity index (χ3n) is 3.26. The zero-order chi connectivity index (χ0) is 14.5. The number of carbonyl (C=O) groups excluding carboxylic acids is 1. The molecular weight excluding hydrogens is 329 g/mol. The van der Waals surface area contributed by atoms with Crippen molar-refractivity contribution in [3.63, 3.8) is 0 Å². The molecule has 1 saturated heterocycles. The second-order valence-electron chi connectivity index (χ2n) is 4.72. The Balaban J connectivity index is 2.11. The van der Waals surface area contributed by atoms with Crippen molar-refractivity contribution in [1.82, 2.24) is 4.90 Å². The van der Waals surface area contributed by atoms with Crippen molar-refractivity contribution in [2.75, 3.05) is 19.8 Å². The molecule has 1 N–H and O–H groups in total. The van der Waals surface area contributed by atoms with E-state index in [-0.39, 0.29) is 31.4 Å². The number of amides is 1. The molecule has 2 rings (SSSR count). The first-order chi connectivity index (χ1) is 9.61. The number of hydrogen-bond donors (Lipinski definition) is 1. The van der Waals surface area contributed by atoms with Crippen LogP contribution in [0.4, 0.5) is 4.39 Å². The highest BCUT2D eigenvalue weighted by molar-refractivity contribution is 9.10. The van der Waals surface area contributed by atoms with E-state index in [9.17, 15) is 9.18 Å². The van der Waals surface area contributed by atoms with Crippen molar-refractivity contribution >= 4 is 21.8 Å². The lowest BCUT2D eigenvalue weighted by Crippen LogP contribution is -2.40. The summed E-state index contributed by atoms with van der Waals surface area (Å²) in [7, 11) is 0. The highest BCUT2D eigenvalue weighted by atomic mass is 79.9. The van der Waals surface area contributed by atoms with Gasteiger partial charge in [-0.05, 0) is 31.0 Å². The van der Waals surface area contributed by atoms with Crippen LogP contribution < -0.4 is 0 Å². The SMILES string of the molecule is O=C(C1CCCO1)N(CCO)Cc1cc(Br)ccc1F. The van der Waals surface area contributed by atoms with Gasteiger partial charge in [-0.15, -0.1) is 0 Å². The fourth-order valence-corrected chi connectivity index (χ4v) is 2.64. The minimum atomic E-state index is -0.461. The van der Waals surface area contributed by atoms with Crippen LogP contribution in [0, 0.1) is 5.82 Å². The Hall–Kier alpha value is -0.980. The smallest absolute Gasteiger partial charge is 0.252 e. The maximum absolute atomic E-state index is 13.8. The molecule has 1 heterocycles. The van der Waals surface area contributed by atoms with E-state index < -0.39 is 6.10 Å². The summed E-state index contributed by atoms with van der Waals surface area (Å²) in [5, 5.41) is 9.09. The summed E-state index contributed by atoms with van der Waals surface area (Å²) >= 11 is 3.28. The van der Waals surface area contributed by atoms with Crippen molar-refractivity contribution in [2.45, 2.75) is 25.5 Å². The molecule has 0 spiro atoms. The molecule has 1 aromatic rings. The van der Waals surface area contributed by atoms with Crippen molar-refractivity contribution < 1.29 is 19.0 Å². The van der Waals surface area contributed by atoms with Gasteiger partial charge in [0.2, 0.25) is 0 Å². The molecule has 0 aliphatic carbocycles. The Labute approximate surface area is 125 Å². The topological polar surface area (TPSA) is 49.8 Å². The molecule has 0 radical (unpaired) electrons. The van der Waals surface area contributed by atoms with Crippen LogP contribution in [-0.2, 0) is 16.1 Å². The third kappa shape index (κ3) is 3.77. The number of nitrogens with zero attached hydrogens (tertiary/aromatic N) is 1. The molecule has 1 unspecified atom stereocenters. The lowest BCUT2D eigenvalue weighted by Gasteiger charge is -2.25. The third-order valence-corrected chi connectivity index (χ3v) is 3.75. The monoisotopic (exact) mass is 345 g/mol. The Morgan fingerprint density at radius 3 is 3.00 bits per heavy atom. The van der Waals surface area contributed by atoms with Crippen molar-refractivity contribution in [3.8, 4) is 0 Å². The van der Waals surface area contributed by atoms with E-state index in [1.807, 2.05) is 0 Å². The zero-order valence-corrected chi connectivity index (χ0v) is 12.6. The van der Waals surface area contributed by atoms with Gasteiger partial charge >= 0.3 is 0 Å². The van der Waals surface area contributed by atoms with Gasteiger partial charge in [-0.2, -0.15) is 0 Å². The Kier molecular flexibility index (Phi) is 5.51. The molecule has 1 amide bonds. The van der Waals surface area contributed by atoms with Gasteiger partial charge in [-0.1, -0.05) is 15.9 Å². The van der Waals surface area contributed by atoms with Crippen LogP contribution in [0.5, 0.6) is 0 Å². The van der Waals surface area contributed by atoms with Crippen LogP contribution in [0.1, 0.15) is 18.4 Å². The summed E-state index contributed by atoms with van der Waals surface area (Å²) in [6.45, 7) is 0.720. The molecule has 0 saturated carbocycles. The maximum Gasteiger partial charge on any atom is 0.252 e. The van der Waals surface area contributed by atoms with E-state index in [4.69, 9.17) is 9.84 Å². The first-order valence-electron chi connectivity index (χ1n) is 6.57. The molecule has 1 aliphatic rings. The van der Waals surface area contributed by atoms with Gasteiger partial charge in [0, 0.05) is 29.7 Å². The largest absolute Gasteiger partial charge is 0.395 e. The van der Waals surface area contributed by atoms with Crippen LogP contribution in [0.25, 0.3) is 0 Å². The lowest BCUT2D eigenvalue weighted by molar-refractivity contribution is -0.142. The van der Waals surface area contributed by atoms with Gasteiger partial charge in [0.15, 0.2) is 0 Å². The van der Waals surface area contributed by atoms with Crippen molar-refractivity contribution in [1.29, 1.82) is 0 Å². The number of benzene rings is 1. The molecule has 0 bridgehead atoms. The van der Waals surface area contributed by atoms with E-state index in [1.165, 1.54) is 11.0 Å². The predicted molar refractivity (Wildman–Crippen MR) is 75.6 cm³/mol. The standard InChI is InChI=1S/C14H17BrFNO3/c15-11-3-4-12(16)10(8-11)9-17(5-6-18)14(19)13-2-1-7-20-13/h3-4,8,13,18H,1-2,5-7,9H2. The average molecular weight is 346 g/mol. The van der Waals surface area contributed by atoms with Gasteiger partial charge in [0.1, 0.15) is 11.9 Å². The number of aliphatic hydroxyl groups is 1. The maximum atomic E-state index is 13.8. The van der Waals surface area contributed by atoms with Crippen LogP contribution >= 0.6 is 15.9 Å². The molecular formula is C14H17BrFNO3. The highest BCUT2D eigenvalue weighted by Gasteiger charge is 2.28. The number of ether oxygens (including phenoxy) is 1. The average Bonchev–Trinajstić information content (AvgIpc) is 2.95. The van der Waals surface area contributed by atoms with Gasteiger partial charge in [-0.25, -0.2) is 4.39 Å². The molecule has 110 valence electrons. The van der Waals surface area contributed by atoms with Crippen LogP contribution in [-0.4, -0.2) is 41.8 Å². The van der Waals surface area contributed by atoms with Crippen molar-refractivity contribution in [2.24, 2.45) is 0 Å². The number of aliphatic hydroxyl groups excluding tert-OH is 1. The molecule has 1 atom stereocenters. The first kappa shape index (κ1) is 15.4. The fourth-order valence-electron chi connectivity index (χ4n) is 2.23. The van der Waals surface area contributed by atoms with Crippen LogP contribution in [0.15, 0.2) is 22.7 Å². The van der Waals surface area contributed by atoms with E-state index >= 15 is 0 Å². The lowest BCUT2D eigenvalue weighted by atomic mass is 10.1. The minimum Gasteiger partial charge on any atom is -0.395 e. The van der Waals surface area contributed by atoms with E-state index in [1.54, 1.807) is 12.1 Å². The highest BCUT2D eigenvalue weighted by Crippen LogP contribution is 2.20. The van der Waals surface area contributed by atoms with Gasteiger partial charge in [0.05, 0.1) is 6.61 Å².